The van der Waals surface area contributed by atoms with Crippen LogP contribution >= 0.6 is 39.1 Å². The van der Waals surface area contributed by atoms with Crippen LogP contribution in [0.1, 0.15) is 30.5 Å². The number of benzene rings is 2. The smallest absolute Gasteiger partial charge is 0.133 e. The van der Waals surface area contributed by atoms with E-state index in [-0.39, 0.29) is 6.04 Å². The molecule has 0 saturated carbocycles. The van der Waals surface area contributed by atoms with E-state index in [1.165, 1.54) is 0 Å². The van der Waals surface area contributed by atoms with Gasteiger partial charge in [-0.05, 0) is 63.8 Å². The van der Waals surface area contributed by atoms with Gasteiger partial charge >= 0.3 is 0 Å². The summed E-state index contributed by atoms with van der Waals surface area (Å²) in [6, 6.07) is 10.8. The van der Waals surface area contributed by atoms with Crippen molar-refractivity contribution in [3.05, 3.63) is 62.0 Å². The second kappa shape index (κ2) is 7.50. The molecule has 2 aromatic rings. The number of halogens is 3. The lowest BCUT2D eigenvalue weighted by atomic mass is 9.99. The van der Waals surface area contributed by atoms with Crippen LogP contribution in [-0.2, 0) is 0 Å². The van der Waals surface area contributed by atoms with Crippen molar-refractivity contribution in [2.24, 2.45) is 5.73 Å². The lowest BCUT2D eigenvalue weighted by Gasteiger charge is -2.16. The fourth-order valence-electron chi connectivity index (χ4n) is 1.97. The Labute approximate surface area is 143 Å². The molecule has 0 heterocycles. The van der Waals surface area contributed by atoms with Gasteiger partial charge in [0.05, 0.1) is 17.1 Å². The number of hydrogen-bond acceptors (Lipinski definition) is 2. The Bertz CT molecular complexity index is 634. The topological polar surface area (TPSA) is 35.2 Å². The molecule has 0 radical (unpaired) electrons. The molecule has 0 spiro atoms. The number of ether oxygens (including phenoxy) is 1. The van der Waals surface area contributed by atoms with Crippen molar-refractivity contribution < 1.29 is 4.74 Å². The summed E-state index contributed by atoms with van der Waals surface area (Å²) in [5.74, 6) is 0.810. The first kappa shape index (κ1) is 16.6. The van der Waals surface area contributed by atoms with Crippen molar-refractivity contribution >= 4 is 39.1 Å². The molecule has 5 heteroatoms. The van der Waals surface area contributed by atoms with Crippen LogP contribution in [0, 0.1) is 0 Å². The normalized spacial score (nSPS) is 12.2. The summed E-state index contributed by atoms with van der Waals surface area (Å²) < 4.78 is 6.51. The average Bonchev–Trinajstić information content (AvgIpc) is 2.47. The van der Waals surface area contributed by atoms with Gasteiger partial charge in [0, 0.05) is 10.0 Å². The largest absolute Gasteiger partial charge is 0.492 e. The van der Waals surface area contributed by atoms with E-state index in [4.69, 9.17) is 33.7 Å². The summed E-state index contributed by atoms with van der Waals surface area (Å²) in [4.78, 5) is 0. The molecule has 0 aromatic heterocycles. The van der Waals surface area contributed by atoms with Crippen LogP contribution in [0.3, 0.4) is 0 Å². The van der Waals surface area contributed by atoms with Gasteiger partial charge in [0.15, 0.2) is 0 Å². The maximum Gasteiger partial charge on any atom is 0.133 e. The van der Waals surface area contributed by atoms with Crippen molar-refractivity contribution in [1.82, 2.24) is 0 Å². The molecule has 0 aliphatic heterocycles. The van der Waals surface area contributed by atoms with E-state index in [9.17, 15) is 0 Å². The second-order valence-electron chi connectivity index (χ2n) is 4.68. The van der Waals surface area contributed by atoms with Crippen molar-refractivity contribution in [1.29, 1.82) is 0 Å². The monoisotopic (exact) mass is 387 g/mol. The Morgan fingerprint density at radius 1 is 1.19 bits per heavy atom. The molecule has 1 atom stereocenters. The Morgan fingerprint density at radius 2 is 1.95 bits per heavy atom. The highest BCUT2D eigenvalue weighted by molar-refractivity contribution is 9.10. The zero-order valence-electron chi connectivity index (χ0n) is 11.6. The van der Waals surface area contributed by atoms with Crippen LogP contribution in [-0.4, -0.2) is 6.61 Å². The maximum absolute atomic E-state index is 6.30. The van der Waals surface area contributed by atoms with Crippen LogP contribution in [0.25, 0.3) is 0 Å². The lowest BCUT2D eigenvalue weighted by Crippen LogP contribution is -2.12. The predicted octanol–water partition coefficient (Wildman–Crippen LogP) is 5.59. The van der Waals surface area contributed by atoms with E-state index >= 15 is 0 Å². The minimum absolute atomic E-state index is 0.340. The summed E-state index contributed by atoms with van der Waals surface area (Å²) in [6.45, 7) is 2.75. The molecule has 2 N–H and O–H groups in total. The molecule has 2 rings (SSSR count). The first-order valence-electron chi connectivity index (χ1n) is 6.65. The lowest BCUT2D eigenvalue weighted by molar-refractivity contribution is 0.315. The maximum atomic E-state index is 6.30. The molecule has 2 aromatic carbocycles. The highest BCUT2D eigenvalue weighted by Crippen LogP contribution is 2.33. The quantitative estimate of drug-likeness (QED) is 0.724. The van der Waals surface area contributed by atoms with E-state index < -0.39 is 0 Å². The van der Waals surface area contributed by atoms with Gasteiger partial charge in [-0.15, -0.1) is 0 Å². The van der Waals surface area contributed by atoms with Gasteiger partial charge in [-0.3, -0.25) is 0 Å². The minimum atomic E-state index is -0.340. The van der Waals surface area contributed by atoms with E-state index in [1.54, 1.807) is 18.2 Å². The van der Waals surface area contributed by atoms with E-state index in [2.05, 4.69) is 22.9 Å². The van der Waals surface area contributed by atoms with Crippen LogP contribution in [0.2, 0.25) is 10.0 Å². The number of rotatable bonds is 5. The molecule has 0 amide bonds. The Hall–Kier alpha value is -0.740. The molecule has 21 heavy (non-hydrogen) atoms. The van der Waals surface area contributed by atoms with Crippen molar-refractivity contribution in [3.63, 3.8) is 0 Å². The third kappa shape index (κ3) is 4.13. The SMILES string of the molecule is CCCOc1ccc(C(N)c2cc(Cl)ccc2Cl)cc1Br. The molecule has 2 nitrogen and oxygen atoms in total. The molecular weight excluding hydrogens is 373 g/mol. The average molecular weight is 389 g/mol. The van der Waals surface area contributed by atoms with Gasteiger partial charge in [-0.2, -0.15) is 0 Å². The molecule has 112 valence electrons. The van der Waals surface area contributed by atoms with Crippen LogP contribution in [0.4, 0.5) is 0 Å². The summed E-state index contributed by atoms with van der Waals surface area (Å²) in [5.41, 5.74) is 8.04. The van der Waals surface area contributed by atoms with Gasteiger partial charge in [0.25, 0.3) is 0 Å². The van der Waals surface area contributed by atoms with Gasteiger partial charge in [0.1, 0.15) is 5.75 Å². The molecule has 0 bridgehead atoms. The third-order valence-electron chi connectivity index (χ3n) is 3.07. The fourth-order valence-corrected chi connectivity index (χ4v) is 2.90. The molecule has 0 aliphatic carbocycles. The van der Waals surface area contributed by atoms with E-state index in [0.29, 0.717) is 16.7 Å². The van der Waals surface area contributed by atoms with Crippen LogP contribution < -0.4 is 10.5 Å². The fraction of sp³-hybridized carbons (Fsp3) is 0.250. The predicted molar refractivity (Wildman–Crippen MR) is 92.4 cm³/mol. The minimum Gasteiger partial charge on any atom is -0.492 e. The van der Waals surface area contributed by atoms with E-state index in [1.807, 2.05) is 18.2 Å². The Balaban J connectivity index is 2.29. The highest BCUT2D eigenvalue weighted by atomic mass is 79.9. The standard InChI is InChI=1S/C16H16BrCl2NO/c1-2-7-21-15-6-3-10(8-13(15)17)16(20)12-9-11(18)4-5-14(12)19/h3-6,8-9,16H,2,7,20H2,1H3. The van der Waals surface area contributed by atoms with Gasteiger partial charge in [0.2, 0.25) is 0 Å². The molecule has 0 fully saturated rings. The zero-order valence-corrected chi connectivity index (χ0v) is 14.7. The number of nitrogens with two attached hydrogens (primary N) is 1. The Morgan fingerprint density at radius 3 is 2.62 bits per heavy atom. The zero-order chi connectivity index (χ0) is 15.4. The Kier molecular flexibility index (Phi) is 5.94. The van der Waals surface area contributed by atoms with Gasteiger partial charge in [-0.1, -0.05) is 36.2 Å². The van der Waals surface area contributed by atoms with Crippen molar-refractivity contribution in [2.75, 3.05) is 6.61 Å². The molecule has 0 aliphatic rings. The first-order chi connectivity index (χ1) is 10.0. The third-order valence-corrected chi connectivity index (χ3v) is 4.27. The van der Waals surface area contributed by atoms with Crippen molar-refractivity contribution in [2.45, 2.75) is 19.4 Å². The second-order valence-corrected chi connectivity index (χ2v) is 6.38. The first-order valence-corrected chi connectivity index (χ1v) is 8.20. The van der Waals surface area contributed by atoms with Gasteiger partial charge in [-0.25, -0.2) is 0 Å². The van der Waals surface area contributed by atoms with E-state index in [0.717, 1.165) is 27.8 Å². The van der Waals surface area contributed by atoms with Gasteiger partial charge < -0.3 is 10.5 Å². The summed E-state index contributed by atoms with van der Waals surface area (Å²) in [6.07, 6.45) is 0.964. The van der Waals surface area contributed by atoms with Crippen LogP contribution in [0.15, 0.2) is 40.9 Å². The summed E-state index contributed by atoms with van der Waals surface area (Å²) in [5, 5.41) is 1.22. The van der Waals surface area contributed by atoms with Crippen molar-refractivity contribution in [3.8, 4) is 5.75 Å². The molecular formula is C16H16BrCl2NO. The molecule has 1 unspecified atom stereocenters. The summed E-state index contributed by atoms with van der Waals surface area (Å²) in [7, 11) is 0. The van der Waals surface area contributed by atoms with Crippen LogP contribution in [0.5, 0.6) is 5.75 Å². The molecule has 0 saturated heterocycles. The number of hydrogen-bond donors (Lipinski definition) is 1. The highest BCUT2D eigenvalue weighted by Gasteiger charge is 2.14. The summed E-state index contributed by atoms with van der Waals surface area (Å²) >= 11 is 15.7.